The van der Waals surface area contributed by atoms with E-state index in [1.165, 1.54) is 6.08 Å². The zero-order valence-electron chi connectivity index (χ0n) is 33.3. The lowest BCUT2D eigenvalue weighted by molar-refractivity contribution is -0.890. The number of amides is 2. The summed E-state index contributed by atoms with van der Waals surface area (Å²) in [6, 6.07) is 0. The maximum Gasteiger partial charge on any atom is 0.246 e. The van der Waals surface area contributed by atoms with Gasteiger partial charge in [0.2, 0.25) is 11.8 Å². The van der Waals surface area contributed by atoms with Crippen LogP contribution in [0, 0.1) is 0 Å². The molecule has 2 amide bonds. The van der Waals surface area contributed by atoms with Crippen LogP contribution in [0.4, 0.5) is 0 Å². The Hall–Kier alpha value is -1.97. The van der Waals surface area contributed by atoms with Crippen LogP contribution < -0.4 is 5.32 Å². The third-order valence-corrected chi connectivity index (χ3v) is 11.1. The number of nitrogens with one attached hydrogen (secondary N) is 1. The lowest BCUT2D eigenvalue weighted by atomic mass is 10.2. The van der Waals surface area contributed by atoms with Crippen molar-refractivity contribution in [2.45, 2.75) is 64.7 Å². The molecule has 0 fully saturated rings. The second kappa shape index (κ2) is 25.2. The number of unbranched alkanes of at least 4 members (excludes halogenated alkanes) is 3. The van der Waals surface area contributed by atoms with E-state index in [1.807, 2.05) is 42.3 Å². The molecule has 0 aliphatic rings. The quantitative estimate of drug-likeness (QED) is 0.0487. The molecule has 1 N–H and O–H groups in total. The molecule has 0 saturated carbocycles. The molecular formula is C34H69N5O11S3. The first-order valence-electron chi connectivity index (χ1n) is 18.1. The van der Waals surface area contributed by atoms with Gasteiger partial charge < -0.3 is 37.3 Å². The molecule has 314 valence electrons. The van der Waals surface area contributed by atoms with E-state index in [9.17, 15) is 48.5 Å². The van der Waals surface area contributed by atoms with E-state index in [0.29, 0.717) is 72.7 Å². The average Bonchev–Trinajstić information content (AvgIpc) is 2.99. The summed E-state index contributed by atoms with van der Waals surface area (Å²) < 4.78 is 97.8. The van der Waals surface area contributed by atoms with Crippen LogP contribution in [0.25, 0.3) is 0 Å². The number of rotatable bonds is 29. The van der Waals surface area contributed by atoms with E-state index < -0.39 is 30.4 Å². The minimum absolute atomic E-state index is 0.119. The van der Waals surface area contributed by atoms with Crippen molar-refractivity contribution in [2.75, 3.05) is 118 Å². The Bertz CT molecular complexity index is 1390. The second-order valence-corrected chi connectivity index (χ2v) is 20.3. The monoisotopic (exact) mass is 819 g/mol. The highest BCUT2D eigenvalue weighted by atomic mass is 32.2. The van der Waals surface area contributed by atoms with Crippen molar-refractivity contribution in [2.24, 2.45) is 0 Å². The normalized spacial score (nSPS) is 12.8. The highest BCUT2D eigenvalue weighted by Crippen LogP contribution is 2.09. The van der Waals surface area contributed by atoms with Crippen LogP contribution in [0.2, 0.25) is 0 Å². The fraction of sp³-hybridized carbons (Fsp3) is 0.824. The molecule has 0 radical (unpaired) electrons. The molecule has 0 aromatic carbocycles. The number of nitrogens with zero attached hydrogens (tertiary/aromatic N) is 4. The van der Waals surface area contributed by atoms with Gasteiger partial charge in [0.25, 0.3) is 0 Å². The third-order valence-electron chi connectivity index (χ3n) is 8.71. The smallest absolute Gasteiger partial charge is 0.246 e. The van der Waals surface area contributed by atoms with Gasteiger partial charge in [0, 0.05) is 61.7 Å². The SMILES string of the molecule is C=C(C)C(=O)NCCC[N+](C)(C)CCCCS(=O)(=O)[O-].C=CC(=O)N(CCC[N+](C)(C)CCCCS(=O)(=O)[O-])CCC[N+](C)(C)CCCCS(=O)(=O)[O-]. The molecule has 0 aromatic rings. The standard InChI is InChI=1S/C21H43N3O7S2.C13H26N2O4S/c1-6-21(25)22(13-11-17-23(2,3)15-7-9-19-32(26,27)28)14-12-18-24(4,5)16-8-10-20-33(29,30)31;1-12(2)13(16)14-8-7-10-15(3,4)9-5-6-11-20(17,18)19/h6H,1,7-20H2,2-5H3;1,5-11H2,2-4H3,(H-,14,16,17,18,19). The van der Waals surface area contributed by atoms with Crippen molar-refractivity contribution in [3.8, 4) is 0 Å². The average molecular weight is 820 g/mol. The van der Waals surface area contributed by atoms with Crippen LogP contribution in [-0.2, 0) is 39.9 Å². The van der Waals surface area contributed by atoms with Gasteiger partial charge in [-0.15, -0.1) is 0 Å². The molecule has 53 heavy (non-hydrogen) atoms. The Morgan fingerprint density at radius 1 is 0.585 bits per heavy atom. The van der Waals surface area contributed by atoms with E-state index in [4.69, 9.17) is 0 Å². The van der Waals surface area contributed by atoms with Crippen molar-refractivity contribution >= 4 is 42.2 Å². The van der Waals surface area contributed by atoms with E-state index in [2.05, 4.69) is 18.5 Å². The molecule has 0 unspecified atom stereocenters. The molecule has 0 aliphatic heterocycles. The highest BCUT2D eigenvalue weighted by Gasteiger charge is 2.20. The molecular weight excluding hydrogens is 751 g/mol. The zero-order chi connectivity index (χ0) is 41.6. The van der Waals surface area contributed by atoms with Crippen LogP contribution in [-0.4, -0.2) is 188 Å². The summed E-state index contributed by atoms with van der Waals surface area (Å²) in [4.78, 5) is 25.3. The molecule has 19 heteroatoms. The molecule has 0 heterocycles. The summed E-state index contributed by atoms with van der Waals surface area (Å²) in [5.74, 6) is -1.20. The minimum Gasteiger partial charge on any atom is -0.748 e. The van der Waals surface area contributed by atoms with Gasteiger partial charge in [0.1, 0.15) is 0 Å². The van der Waals surface area contributed by atoms with Gasteiger partial charge in [-0.3, -0.25) is 9.59 Å². The van der Waals surface area contributed by atoms with Crippen molar-refractivity contribution in [1.82, 2.24) is 10.2 Å². The first-order chi connectivity index (χ1) is 24.0. The van der Waals surface area contributed by atoms with E-state index >= 15 is 0 Å². The number of carbonyl (C=O) groups is 2. The van der Waals surface area contributed by atoms with E-state index in [-0.39, 0.29) is 29.1 Å². The lowest BCUT2D eigenvalue weighted by Crippen LogP contribution is -2.44. The Kier molecular flexibility index (Phi) is 25.3. The van der Waals surface area contributed by atoms with Crippen LogP contribution in [0.5, 0.6) is 0 Å². The Labute approximate surface area is 321 Å². The van der Waals surface area contributed by atoms with Gasteiger partial charge in [-0.1, -0.05) is 13.2 Å². The molecule has 0 spiro atoms. The Balaban J connectivity index is 0. The summed E-state index contributed by atoms with van der Waals surface area (Å²) in [6.07, 6.45) is 6.84. The summed E-state index contributed by atoms with van der Waals surface area (Å²) >= 11 is 0. The zero-order valence-corrected chi connectivity index (χ0v) is 35.8. The predicted octanol–water partition coefficient (Wildman–Crippen LogP) is 1.06. The maximum absolute atomic E-state index is 12.3. The molecule has 0 bridgehead atoms. The van der Waals surface area contributed by atoms with E-state index in [0.717, 1.165) is 63.0 Å². The molecule has 0 atom stereocenters. The summed E-state index contributed by atoms with van der Waals surface area (Å²) in [7, 11) is -0.144. The maximum atomic E-state index is 12.3. The van der Waals surface area contributed by atoms with Gasteiger partial charge in [-0.2, -0.15) is 0 Å². The fourth-order valence-electron chi connectivity index (χ4n) is 5.49. The van der Waals surface area contributed by atoms with Crippen LogP contribution in [0.3, 0.4) is 0 Å². The van der Waals surface area contributed by atoms with Gasteiger partial charge in [-0.25, -0.2) is 25.3 Å². The first kappa shape index (κ1) is 53.1. The van der Waals surface area contributed by atoms with Gasteiger partial charge in [0.15, 0.2) is 0 Å². The first-order valence-corrected chi connectivity index (χ1v) is 22.8. The molecule has 16 nitrogen and oxygen atoms in total. The number of carbonyl (C=O) groups excluding carboxylic acids is 2. The van der Waals surface area contributed by atoms with Gasteiger partial charge in [0.05, 0.1) is 112 Å². The van der Waals surface area contributed by atoms with Crippen molar-refractivity contribution in [1.29, 1.82) is 0 Å². The Morgan fingerprint density at radius 2 is 0.887 bits per heavy atom. The largest absolute Gasteiger partial charge is 0.748 e. The minimum atomic E-state index is -4.16. The molecule has 0 aliphatic carbocycles. The lowest BCUT2D eigenvalue weighted by Gasteiger charge is -2.32. The number of hydrogen-bond donors (Lipinski definition) is 1. The van der Waals surface area contributed by atoms with Gasteiger partial charge >= 0.3 is 0 Å². The fourth-order valence-corrected chi connectivity index (χ4v) is 7.16. The molecule has 0 rings (SSSR count). The van der Waals surface area contributed by atoms with Crippen LogP contribution >= 0.6 is 0 Å². The van der Waals surface area contributed by atoms with Crippen molar-refractivity contribution in [3.63, 3.8) is 0 Å². The van der Waals surface area contributed by atoms with Gasteiger partial charge in [-0.05, 0) is 51.5 Å². The number of quaternary nitrogens is 3. The third kappa shape index (κ3) is 35.5. The topological polar surface area (TPSA) is 221 Å². The Morgan fingerprint density at radius 3 is 1.17 bits per heavy atom. The van der Waals surface area contributed by atoms with Crippen LogP contribution in [0.15, 0.2) is 24.8 Å². The highest BCUT2D eigenvalue weighted by molar-refractivity contribution is 7.86. The predicted molar refractivity (Wildman–Crippen MR) is 205 cm³/mol. The molecule has 0 saturated heterocycles. The van der Waals surface area contributed by atoms with Crippen molar-refractivity contribution < 1.29 is 61.9 Å². The number of hydrogen-bond acceptors (Lipinski definition) is 11. The molecule has 0 aromatic heterocycles. The second-order valence-electron chi connectivity index (χ2n) is 15.7. The summed E-state index contributed by atoms with van der Waals surface area (Å²) in [5, 5.41) is 2.77. The van der Waals surface area contributed by atoms with Crippen LogP contribution in [0.1, 0.15) is 64.7 Å². The summed E-state index contributed by atoms with van der Waals surface area (Å²) in [6.45, 7) is 15.4. The van der Waals surface area contributed by atoms with E-state index in [1.54, 1.807) is 11.8 Å². The van der Waals surface area contributed by atoms with Crippen molar-refractivity contribution in [3.05, 3.63) is 24.8 Å². The summed E-state index contributed by atoms with van der Waals surface area (Å²) in [5.41, 5.74) is 0.498.